The minimum atomic E-state index is -4.71. The summed E-state index contributed by atoms with van der Waals surface area (Å²) in [7, 11) is -4.71. The number of hydrogen-bond donors (Lipinski definition) is 2. The van der Waals surface area contributed by atoms with E-state index in [4.69, 9.17) is 9.79 Å². The molecule has 0 aliphatic heterocycles. The van der Waals surface area contributed by atoms with Crippen molar-refractivity contribution in [3.63, 3.8) is 0 Å². The van der Waals surface area contributed by atoms with Crippen molar-refractivity contribution in [2.75, 3.05) is 0 Å². The van der Waals surface area contributed by atoms with Gasteiger partial charge in [0.05, 0.1) is 0 Å². The molecule has 0 bridgehead atoms. The molecule has 0 atom stereocenters. The van der Waals surface area contributed by atoms with Crippen LogP contribution in [0.4, 0.5) is 0 Å². The van der Waals surface area contributed by atoms with Gasteiger partial charge in [0, 0.05) is 12.8 Å². The fourth-order valence-electron chi connectivity index (χ4n) is 0.508. The zero-order chi connectivity index (χ0) is 9.61. The van der Waals surface area contributed by atoms with E-state index in [2.05, 4.69) is 4.52 Å². The van der Waals surface area contributed by atoms with Crippen LogP contribution in [0.1, 0.15) is 20.7 Å². The van der Waals surface area contributed by atoms with Gasteiger partial charge in [0.25, 0.3) is 0 Å². The van der Waals surface area contributed by atoms with Crippen LogP contribution in [0.3, 0.4) is 0 Å². The molecule has 0 heterocycles. The predicted octanol–water partition coefficient (Wildman–Crippen LogP) is -2.89. The maximum Gasteiger partial charge on any atom is 1.00 e. The van der Waals surface area contributed by atoms with Crippen molar-refractivity contribution in [3.8, 4) is 0 Å². The molecular weight excluding hydrogens is 210 g/mol. The minimum Gasteiger partial charge on any atom is -1.00 e. The van der Waals surface area contributed by atoms with Crippen LogP contribution in [-0.4, -0.2) is 22.0 Å². The molecule has 0 aliphatic carbocycles. The molecular formula is C5H10NaO6P. The molecule has 72 valence electrons. The average molecular weight is 220 g/mol. The average Bonchev–Trinajstić information content (AvgIpc) is 1.84. The van der Waals surface area contributed by atoms with Crippen LogP contribution in [-0.2, 0) is 18.7 Å². The van der Waals surface area contributed by atoms with Crippen molar-refractivity contribution in [1.82, 2.24) is 0 Å². The van der Waals surface area contributed by atoms with E-state index in [1.165, 1.54) is 0 Å². The molecule has 0 aliphatic rings. The van der Waals surface area contributed by atoms with Crippen LogP contribution in [0, 0.1) is 0 Å². The van der Waals surface area contributed by atoms with E-state index in [1.807, 2.05) is 0 Å². The van der Waals surface area contributed by atoms with Gasteiger partial charge in [-0.15, -0.1) is 0 Å². The van der Waals surface area contributed by atoms with E-state index in [0.717, 1.165) is 0 Å². The topological polar surface area (TPSA) is 101 Å². The molecule has 0 rings (SSSR count). The molecule has 0 fully saturated rings. The van der Waals surface area contributed by atoms with Crippen molar-refractivity contribution in [2.45, 2.75) is 19.3 Å². The number of phosphoric ester groups is 1. The monoisotopic (exact) mass is 220 g/mol. The molecule has 0 saturated heterocycles. The zero-order valence-electron chi connectivity index (χ0n) is 8.17. The van der Waals surface area contributed by atoms with Crippen LogP contribution >= 0.6 is 7.82 Å². The summed E-state index contributed by atoms with van der Waals surface area (Å²) in [5.74, 6) is -0.995. The fraction of sp³-hybridized carbons (Fsp3) is 0.600. The van der Waals surface area contributed by atoms with Gasteiger partial charge in [0.15, 0.2) is 0 Å². The Kier molecular flexibility index (Phi) is 9.29. The number of carbonyl (C=O) groups excluding carboxylic acids is 2. The van der Waals surface area contributed by atoms with Crippen molar-refractivity contribution in [3.05, 3.63) is 0 Å². The quantitative estimate of drug-likeness (QED) is 0.223. The van der Waals surface area contributed by atoms with Crippen LogP contribution in [0.15, 0.2) is 0 Å². The van der Waals surface area contributed by atoms with Crippen LogP contribution in [0.2, 0.25) is 0 Å². The van der Waals surface area contributed by atoms with Crippen LogP contribution in [0.5, 0.6) is 0 Å². The minimum absolute atomic E-state index is 0. The molecule has 8 heteroatoms. The second-order valence-corrected chi connectivity index (χ2v) is 3.18. The van der Waals surface area contributed by atoms with Gasteiger partial charge in [-0.05, 0) is 6.42 Å². The standard InChI is InChI=1S/C5H9O6P.Na.H/c6-4-2-1-3-5(7)11-12(8,9)10;;/h4H,1-3H2,(H2,8,9,10);;/q;+1;-1. The van der Waals surface area contributed by atoms with E-state index < -0.39 is 13.8 Å². The first-order valence-corrected chi connectivity index (χ1v) is 4.70. The van der Waals surface area contributed by atoms with Crippen molar-refractivity contribution < 1.29 is 59.4 Å². The Morgan fingerprint density at radius 3 is 2.46 bits per heavy atom. The Labute approximate surface area is 98.7 Å². The van der Waals surface area contributed by atoms with Gasteiger partial charge in [0.1, 0.15) is 6.29 Å². The Hall–Kier alpha value is 0.290. The molecule has 13 heavy (non-hydrogen) atoms. The maximum absolute atomic E-state index is 10.5. The first-order valence-electron chi connectivity index (χ1n) is 3.17. The van der Waals surface area contributed by atoms with Crippen LogP contribution < -0.4 is 29.6 Å². The van der Waals surface area contributed by atoms with Gasteiger partial charge in [-0.1, -0.05) is 0 Å². The third-order valence-corrected chi connectivity index (χ3v) is 1.37. The first-order chi connectivity index (χ1) is 5.45. The molecule has 0 aromatic heterocycles. The van der Waals surface area contributed by atoms with E-state index in [1.54, 1.807) is 0 Å². The van der Waals surface area contributed by atoms with E-state index >= 15 is 0 Å². The summed E-state index contributed by atoms with van der Waals surface area (Å²) in [5.41, 5.74) is 0. The maximum atomic E-state index is 10.5. The van der Waals surface area contributed by atoms with Crippen molar-refractivity contribution in [1.29, 1.82) is 0 Å². The number of hydrogen-bond acceptors (Lipinski definition) is 4. The molecule has 0 amide bonds. The van der Waals surface area contributed by atoms with Gasteiger partial charge < -0.3 is 10.7 Å². The van der Waals surface area contributed by atoms with E-state index in [0.29, 0.717) is 6.29 Å². The first kappa shape index (κ1) is 15.7. The summed E-state index contributed by atoms with van der Waals surface area (Å²) < 4.78 is 13.8. The third-order valence-electron chi connectivity index (χ3n) is 0.924. The summed E-state index contributed by atoms with van der Waals surface area (Å²) in [6.07, 6.45) is 0.868. The zero-order valence-corrected chi connectivity index (χ0v) is 10.1. The van der Waals surface area contributed by atoms with Gasteiger partial charge in [-0.25, -0.2) is 4.57 Å². The number of phosphoric acid groups is 1. The summed E-state index contributed by atoms with van der Waals surface area (Å²) in [6, 6.07) is 0. The predicted molar refractivity (Wildman–Crippen MR) is 39.2 cm³/mol. The largest absolute Gasteiger partial charge is 1.00 e. The molecule has 2 N–H and O–H groups in total. The summed E-state index contributed by atoms with van der Waals surface area (Å²) in [5, 5.41) is 0. The number of aldehydes is 1. The number of carbonyl (C=O) groups is 2. The summed E-state index contributed by atoms with van der Waals surface area (Å²) >= 11 is 0. The van der Waals surface area contributed by atoms with Crippen molar-refractivity contribution in [2.24, 2.45) is 0 Å². The second kappa shape index (κ2) is 7.67. The molecule has 0 spiro atoms. The smallest absolute Gasteiger partial charge is 1.00 e. The van der Waals surface area contributed by atoms with Crippen LogP contribution in [0.25, 0.3) is 0 Å². The van der Waals surface area contributed by atoms with Gasteiger partial charge in [0.2, 0.25) is 0 Å². The number of rotatable bonds is 5. The molecule has 0 radical (unpaired) electrons. The molecule has 0 aromatic carbocycles. The van der Waals surface area contributed by atoms with E-state index in [-0.39, 0.29) is 50.2 Å². The third kappa shape index (κ3) is 12.3. The number of unbranched alkanes of at least 4 members (excludes halogenated alkanes) is 1. The molecule has 0 unspecified atom stereocenters. The summed E-state index contributed by atoms with van der Waals surface area (Å²) in [4.78, 5) is 36.6. The normalized spacial score (nSPS) is 10.0. The SMILES string of the molecule is O=CCCCC(=O)OP(=O)(O)O.[H-].[Na+]. The molecule has 0 aromatic rings. The van der Waals surface area contributed by atoms with Crippen molar-refractivity contribution >= 4 is 20.1 Å². The Morgan fingerprint density at radius 2 is 2.08 bits per heavy atom. The fourth-order valence-corrected chi connectivity index (χ4v) is 0.865. The Bertz CT molecular complexity index is 216. The molecule has 0 saturated carbocycles. The Morgan fingerprint density at radius 1 is 1.54 bits per heavy atom. The van der Waals surface area contributed by atoms with E-state index in [9.17, 15) is 14.2 Å². The van der Waals surface area contributed by atoms with Gasteiger partial charge >= 0.3 is 43.3 Å². The molecule has 6 nitrogen and oxygen atoms in total. The Balaban J connectivity index is -0.000000605. The van der Waals surface area contributed by atoms with Gasteiger partial charge in [-0.3, -0.25) is 14.6 Å². The second-order valence-electron chi connectivity index (χ2n) is 2.01. The summed E-state index contributed by atoms with van der Waals surface area (Å²) in [6.45, 7) is 0. The van der Waals surface area contributed by atoms with Gasteiger partial charge in [-0.2, -0.15) is 0 Å².